The highest BCUT2D eigenvalue weighted by atomic mass is 19.4. The second-order valence-electron chi connectivity index (χ2n) is 4.00. The molecule has 0 bridgehead atoms. The SMILES string of the molecule is NC(CO)C1CCC(C(F)(F)F)CC1. The van der Waals surface area contributed by atoms with Crippen LogP contribution in [0.15, 0.2) is 0 Å². The Hall–Kier alpha value is -0.290. The Bertz CT molecular complexity index is 175. The highest BCUT2D eigenvalue weighted by molar-refractivity contribution is 4.81. The van der Waals surface area contributed by atoms with Crippen LogP contribution in [-0.2, 0) is 0 Å². The fourth-order valence-corrected chi connectivity index (χ4v) is 2.02. The summed E-state index contributed by atoms with van der Waals surface area (Å²) >= 11 is 0. The maximum absolute atomic E-state index is 12.3. The molecule has 1 rings (SSSR count). The minimum atomic E-state index is -4.06. The summed E-state index contributed by atoms with van der Waals surface area (Å²) in [4.78, 5) is 0. The number of rotatable bonds is 2. The molecule has 1 atom stereocenters. The van der Waals surface area contributed by atoms with Crippen LogP contribution in [0.4, 0.5) is 13.2 Å². The Kier molecular flexibility index (Phi) is 3.78. The number of nitrogens with two attached hydrogens (primary N) is 1. The van der Waals surface area contributed by atoms with Gasteiger partial charge in [-0.15, -0.1) is 0 Å². The van der Waals surface area contributed by atoms with Crippen LogP contribution in [0, 0.1) is 11.8 Å². The van der Waals surface area contributed by atoms with Crippen molar-refractivity contribution in [1.29, 1.82) is 0 Å². The Morgan fingerprint density at radius 1 is 1.21 bits per heavy atom. The predicted molar refractivity (Wildman–Crippen MR) is 46.6 cm³/mol. The minimum Gasteiger partial charge on any atom is -0.395 e. The van der Waals surface area contributed by atoms with Gasteiger partial charge in [-0.25, -0.2) is 0 Å². The van der Waals surface area contributed by atoms with Crippen LogP contribution < -0.4 is 5.73 Å². The van der Waals surface area contributed by atoms with Gasteiger partial charge in [0.2, 0.25) is 0 Å². The van der Waals surface area contributed by atoms with Crippen LogP contribution >= 0.6 is 0 Å². The average molecular weight is 211 g/mol. The van der Waals surface area contributed by atoms with Crippen LogP contribution in [0.5, 0.6) is 0 Å². The molecule has 0 aromatic carbocycles. The van der Waals surface area contributed by atoms with Crippen molar-refractivity contribution in [3.05, 3.63) is 0 Å². The standard InChI is InChI=1S/C9H16F3NO/c10-9(11,12)7-3-1-6(2-4-7)8(13)5-14/h6-8,14H,1-5,13H2. The van der Waals surface area contributed by atoms with Crippen LogP contribution in [0.1, 0.15) is 25.7 Å². The van der Waals surface area contributed by atoms with Crippen LogP contribution in [0.25, 0.3) is 0 Å². The van der Waals surface area contributed by atoms with E-state index in [1.807, 2.05) is 0 Å². The lowest BCUT2D eigenvalue weighted by molar-refractivity contribution is -0.184. The highest BCUT2D eigenvalue weighted by Crippen LogP contribution is 2.39. The maximum atomic E-state index is 12.3. The van der Waals surface area contributed by atoms with E-state index in [4.69, 9.17) is 10.8 Å². The molecule has 0 aromatic rings. The summed E-state index contributed by atoms with van der Waals surface area (Å²) in [7, 11) is 0. The molecular weight excluding hydrogens is 195 g/mol. The van der Waals surface area contributed by atoms with E-state index in [9.17, 15) is 13.2 Å². The van der Waals surface area contributed by atoms with E-state index < -0.39 is 12.1 Å². The third-order valence-corrected chi connectivity index (χ3v) is 3.05. The zero-order chi connectivity index (χ0) is 10.8. The first-order chi connectivity index (χ1) is 6.45. The van der Waals surface area contributed by atoms with Crippen molar-refractivity contribution < 1.29 is 18.3 Å². The van der Waals surface area contributed by atoms with Gasteiger partial charge in [0.1, 0.15) is 0 Å². The molecule has 14 heavy (non-hydrogen) atoms. The number of hydrogen-bond acceptors (Lipinski definition) is 2. The maximum Gasteiger partial charge on any atom is 0.391 e. The van der Waals surface area contributed by atoms with E-state index in [0.29, 0.717) is 12.8 Å². The Balaban J connectivity index is 2.39. The molecule has 3 N–H and O–H groups in total. The minimum absolute atomic E-state index is 0.0543. The van der Waals surface area contributed by atoms with Crippen molar-refractivity contribution >= 4 is 0 Å². The van der Waals surface area contributed by atoms with Gasteiger partial charge in [-0.1, -0.05) is 0 Å². The van der Waals surface area contributed by atoms with E-state index in [1.54, 1.807) is 0 Å². The molecular formula is C9H16F3NO. The van der Waals surface area contributed by atoms with Crippen molar-refractivity contribution in [3.8, 4) is 0 Å². The molecule has 1 saturated carbocycles. The molecule has 5 heteroatoms. The fraction of sp³-hybridized carbons (Fsp3) is 1.00. The van der Waals surface area contributed by atoms with Gasteiger partial charge in [0.25, 0.3) is 0 Å². The predicted octanol–water partition coefficient (Wildman–Crippen LogP) is 1.67. The first-order valence-corrected chi connectivity index (χ1v) is 4.88. The normalized spacial score (nSPS) is 31.5. The van der Waals surface area contributed by atoms with Crippen molar-refractivity contribution in [1.82, 2.24) is 0 Å². The topological polar surface area (TPSA) is 46.2 Å². The summed E-state index contributed by atoms with van der Waals surface area (Å²) < 4.78 is 36.8. The third kappa shape index (κ3) is 2.85. The van der Waals surface area contributed by atoms with Crippen molar-refractivity contribution in [2.75, 3.05) is 6.61 Å². The Morgan fingerprint density at radius 3 is 2.07 bits per heavy atom. The lowest BCUT2D eigenvalue weighted by Gasteiger charge is -2.32. The molecule has 1 aliphatic rings. The molecule has 2 nitrogen and oxygen atoms in total. The summed E-state index contributed by atoms with van der Waals surface area (Å²) in [6, 6.07) is -0.357. The molecule has 0 radical (unpaired) electrons. The molecule has 0 aromatic heterocycles. The number of aliphatic hydroxyl groups is 1. The van der Waals surface area contributed by atoms with Gasteiger partial charge in [-0.05, 0) is 31.6 Å². The highest BCUT2D eigenvalue weighted by Gasteiger charge is 2.41. The number of alkyl halides is 3. The van der Waals surface area contributed by atoms with Crippen LogP contribution in [-0.4, -0.2) is 23.9 Å². The summed E-state index contributed by atoms with van der Waals surface area (Å²) in [6.45, 7) is -0.138. The summed E-state index contributed by atoms with van der Waals surface area (Å²) in [5.41, 5.74) is 5.57. The monoisotopic (exact) mass is 211 g/mol. The first kappa shape index (κ1) is 11.8. The quantitative estimate of drug-likeness (QED) is 0.729. The number of aliphatic hydroxyl groups excluding tert-OH is 1. The van der Waals surface area contributed by atoms with Crippen LogP contribution in [0.2, 0.25) is 0 Å². The van der Waals surface area contributed by atoms with Gasteiger partial charge in [0.05, 0.1) is 12.5 Å². The molecule has 84 valence electrons. The van der Waals surface area contributed by atoms with Crippen molar-refractivity contribution in [3.63, 3.8) is 0 Å². The molecule has 0 saturated heterocycles. The largest absolute Gasteiger partial charge is 0.395 e. The van der Waals surface area contributed by atoms with Gasteiger partial charge in [-0.2, -0.15) is 13.2 Å². The van der Waals surface area contributed by atoms with Gasteiger partial charge < -0.3 is 10.8 Å². The molecule has 1 aliphatic carbocycles. The second kappa shape index (κ2) is 4.49. The van der Waals surface area contributed by atoms with E-state index in [1.165, 1.54) is 0 Å². The van der Waals surface area contributed by atoms with E-state index in [0.717, 1.165) is 0 Å². The third-order valence-electron chi connectivity index (χ3n) is 3.05. The first-order valence-electron chi connectivity index (χ1n) is 4.88. The fourth-order valence-electron chi connectivity index (χ4n) is 2.02. The molecule has 0 amide bonds. The molecule has 0 aliphatic heterocycles. The van der Waals surface area contributed by atoms with Crippen LogP contribution in [0.3, 0.4) is 0 Å². The van der Waals surface area contributed by atoms with E-state index >= 15 is 0 Å². The summed E-state index contributed by atoms with van der Waals surface area (Å²) in [5.74, 6) is -1.11. The molecule has 0 spiro atoms. The van der Waals surface area contributed by atoms with Gasteiger partial charge in [-0.3, -0.25) is 0 Å². The van der Waals surface area contributed by atoms with Crippen molar-refractivity contribution in [2.24, 2.45) is 17.6 Å². The van der Waals surface area contributed by atoms with Gasteiger partial charge >= 0.3 is 6.18 Å². The summed E-state index contributed by atoms with van der Waals surface area (Å²) in [5, 5.41) is 8.77. The van der Waals surface area contributed by atoms with E-state index in [-0.39, 0.29) is 31.4 Å². The molecule has 1 fully saturated rings. The number of halogens is 3. The van der Waals surface area contributed by atoms with Gasteiger partial charge in [0, 0.05) is 6.04 Å². The van der Waals surface area contributed by atoms with E-state index in [2.05, 4.69) is 0 Å². The Labute approximate surface area is 81.3 Å². The molecule has 0 heterocycles. The second-order valence-corrected chi connectivity index (χ2v) is 4.00. The number of hydrogen-bond donors (Lipinski definition) is 2. The smallest absolute Gasteiger partial charge is 0.391 e. The lowest BCUT2D eigenvalue weighted by Crippen LogP contribution is -2.38. The van der Waals surface area contributed by atoms with Gasteiger partial charge in [0.15, 0.2) is 0 Å². The Morgan fingerprint density at radius 2 is 1.71 bits per heavy atom. The zero-order valence-corrected chi connectivity index (χ0v) is 7.93. The summed E-state index contributed by atoms with van der Waals surface area (Å²) in [6.07, 6.45) is -2.80. The van der Waals surface area contributed by atoms with Crippen molar-refractivity contribution in [2.45, 2.75) is 37.9 Å². The zero-order valence-electron chi connectivity index (χ0n) is 7.93. The average Bonchev–Trinajstić information content (AvgIpc) is 2.15. The lowest BCUT2D eigenvalue weighted by atomic mass is 9.78. The molecule has 1 unspecified atom stereocenters.